The van der Waals surface area contributed by atoms with Gasteiger partial charge >= 0.3 is 0 Å². The number of ether oxygens (including phenoxy) is 2. The van der Waals surface area contributed by atoms with E-state index in [0.717, 1.165) is 0 Å². The highest BCUT2D eigenvalue weighted by atomic mass is 32.1. The minimum Gasteiger partial charge on any atom is -0.394 e. The number of hydrogen-bond acceptors (Lipinski definition) is 6. The lowest BCUT2D eigenvalue weighted by Gasteiger charge is -2.40. The van der Waals surface area contributed by atoms with Gasteiger partial charge in [-0.2, -0.15) is 0 Å². The summed E-state index contributed by atoms with van der Waals surface area (Å²) in [5, 5.41) is 28.2. The van der Waals surface area contributed by atoms with Crippen LogP contribution >= 0.6 is 12.6 Å². The molecular weight excluding hydrogens is 220 g/mol. The SMILES string of the molecule is CC(C)O[C@@H]1[C@@H](O)[C@@H](O)[C@@H](CO)O[C@@H]1S. The van der Waals surface area contributed by atoms with Crippen molar-refractivity contribution in [2.24, 2.45) is 0 Å². The fourth-order valence-corrected chi connectivity index (χ4v) is 1.94. The van der Waals surface area contributed by atoms with Gasteiger partial charge in [0.25, 0.3) is 0 Å². The Morgan fingerprint density at radius 3 is 2.40 bits per heavy atom. The Hall–Kier alpha value is 0.150. The zero-order chi connectivity index (χ0) is 11.6. The molecule has 0 aromatic carbocycles. The molecule has 1 aliphatic rings. The number of aliphatic hydroxyl groups is 3. The first kappa shape index (κ1) is 13.2. The molecular formula is C9H18O5S. The second kappa shape index (κ2) is 5.47. The molecule has 0 aromatic heterocycles. The molecule has 3 N–H and O–H groups in total. The van der Waals surface area contributed by atoms with Gasteiger partial charge in [0.1, 0.15) is 29.9 Å². The standard InChI is InChI=1S/C9H18O5S/c1-4(2)13-8-7(12)6(11)5(3-10)14-9(8)15/h4-12,15H,3H2,1-2H3/t5-,6+,7+,8-,9-/m1/s1. The van der Waals surface area contributed by atoms with Crippen LogP contribution in [0.4, 0.5) is 0 Å². The van der Waals surface area contributed by atoms with Crippen LogP contribution in [0, 0.1) is 0 Å². The summed E-state index contributed by atoms with van der Waals surface area (Å²) in [7, 11) is 0. The molecule has 1 heterocycles. The Balaban J connectivity index is 2.66. The van der Waals surface area contributed by atoms with Crippen LogP contribution in [0.25, 0.3) is 0 Å². The van der Waals surface area contributed by atoms with Crippen LogP contribution in [0.3, 0.4) is 0 Å². The van der Waals surface area contributed by atoms with Crippen molar-refractivity contribution >= 4 is 12.6 Å². The fourth-order valence-electron chi connectivity index (χ4n) is 1.53. The van der Waals surface area contributed by atoms with Crippen LogP contribution in [0.5, 0.6) is 0 Å². The van der Waals surface area contributed by atoms with E-state index in [0.29, 0.717) is 0 Å². The van der Waals surface area contributed by atoms with E-state index in [1.54, 1.807) is 0 Å². The van der Waals surface area contributed by atoms with E-state index in [2.05, 4.69) is 12.6 Å². The van der Waals surface area contributed by atoms with Crippen LogP contribution in [-0.2, 0) is 9.47 Å². The van der Waals surface area contributed by atoms with Crippen molar-refractivity contribution < 1.29 is 24.8 Å². The molecule has 0 bridgehead atoms. The Morgan fingerprint density at radius 2 is 1.93 bits per heavy atom. The summed E-state index contributed by atoms with van der Waals surface area (Å²) in [6.45, 7) is 3.28. The molecule has 5 nitrogen and oxygen atoms in total. The van der Waals surface area contributed by atoms with Crippen LogP contribution in [0.1, 0.15) is 13.8 Å². The predicted molar refractivity (Wildman–Crippen MR) is 56.8 cm³/mol. The molecule has 5 atom stereocenters. The Bertz CT molecular complexity index is 201. The van der Waals surface area contributed by atoms with Crippen molar-refractivity contribution in [2.45, 2.75) is 49.8 Å². The van der Waals surface area contributed by atoms with Crippen molar-refractivity contribution in [1.82, 2.24) is 0 Å². The van der Waals surface area contributed by atoms with Gasteiger partial charge in [0.15, 0.2) is 0 Å². The van der Waals surface area contributed by atoms with Gasteiger partial charge in [0, 0.05) is 0 Å². The smallest absolute Gasteiger partial charge is 0.129 e. The Morgan fingerprint density at radius 1 is 1.33 bits per heavy atom. The average molecular weight is 238 g/mol. The molecule has 90 valence electrons. The quantitative estimate of drug-likeness (QED) is 0.482. The summed E-state index contributed by atoms with van der Waals surface area (Å²) in [4.78, 5) is 0. The molecule has 6 heteroatoms. The third-order valence-electron chi connectivity index (χ3n) is 2.27. The maximum atomic E-state index is 9.74. The highest BCUT2D eigenvalue weighted by Gasteiger charge is 2.43. The third-order valence-corrected chi connectivity index (χ3v) is 2.69. The second-order valence-corrected chi connectivity index (χ2v) is 4.39. The first-order valence-electron chi connectivity index (χ1n) is 4.93. The van der Waals surface area contributed by atoms with E-state index in [1.807, 2.05) is 13.8 Å². The van der Waals surface area contributed by atoms with Gasteiger partial charge in [-0.15, -0.1) is 12.6 Å². The molecule has 1 rings (SSSR count). The van der Waals surface area contributed by atoms with E-state index >= 15 is 0 Å². The van der Waals surface area contributed by atoms with Crippen molar-refractivity contribution in [3.8, 4) is 0 Å². The van der Waals surface area contributed by atoms with Crippen molar-refractivity contribution in [3.63, 3.8) is 0 Å². The monoisotopic (exact) mass is 238 g/mol. The van der Waals surface area contributed by atoms with Gasteiger partial charge in [-0.25, -0.2) is 0 Å². The first-order valence-corrected chi connectivity index (χ1v) is 5.45. The molecule has 0 saturated carbocycles. The molecule has 0 aromatic rings. The third kappa shape index (κ3) is 3.05. The summed E-state index contributed by atoms with van der Waals surface area (Å²) in [5.74, 6) is 0. The molecule has 0 spiro atoms. The lowest BCUT2D eigenvalue weighted by Crippen LogP contribution is -2.58. The molecule has 1 fully saturated rings. The van der Waals surface area contributed by atoms with Gasteiger partial charge in [-0.3, -0.25) is 0 Å². The summed E-state index contributed by atoms with van der Waals surface area (Å²) in [5.41, 5.74) is -0.650. The summed E-state index contributed by atoms with van der Waals surface area (Å²) in [6, 6.07) is 0. The van der Waals surface area contributed by atoms with Gasteiger partial charge in [0.2, 0.25) is 0 Å². The highest BCUT2D eigenvalue weighted by Crippen LogP contribution is 2.26. The topological polar surface area (TPSA) is 79.2 Å². The fraction of sp³-hybridized carbons (Fsp3) is 1.00. The Labute approximate surface area is 94.4 Å². The number of aliphatic hydroxyl groups excluding tert-OH is 3. The molecule has 15 heavy (non-hydrogen) atoms. The van der Waals surface area contributed by atoms with E-state index in [-0.39, 0.29) is 12.7 Å². The molecule has 0 amide bonds. The van der Waals surface area contributed by atoms with E-state index in [1.165, 1.54) is 0 Å². The molecule has 0 radical (unpaired) electrons. The number of rotatable bonds is 3. The van der Waals surface area contributed by atoms with Crippen molar-refractivity contribution in [1.29, 1.82) is 0 Å². The second-order valence-electron chi connectivity index (χ2n) is 3.88. The maximum absolute atomic E-state index is 9.74. The minimum absolute atomic E-state index is 0.0965. The zero-order valence-corrected chi connectivity index (χ0v) is 9.67. The van der Waals surface area contributed by atoms with Gasteiger partial charge in [-0.1, -0.05) is 0 Å². The largest absolute Gasteiger partial charge is 0.394 e. The minimum atomic E-state index is -1.15. The molecule has 1 aliphatic heterocycles. The summed E-state index contributed by atoms with van der Waals surface area (Å²) >= 11 is 4.11. The van der Waals surface area contributed by atoms with Crippen LogP contribution in [-0.4, -0.2) is 57.9 Å². The highest BCUT2D eigenvalue weighted by molar-refractivity contribution is 7.80. The van der Waals surface area contributed by atoms with Crippen LogP contribution in [0.15, 0.2) is 0 Å². The average Bonchev–Trinajstić information content (AvgIpc) is 2.18. The van der Waals surface area contributed by atoms with Crippen molar-refractivity contribution in [2.75, 3.05) is 6.61 Å². The first-order chi connectivity index (χ1) is 6.97. The molecule has 1 saturated heterocycles. The van der Waals surface area contributed by atoms with E-state index in [9.17, 15) is 10.2 Å². The summed E-state index contributed by atoms with van der Waals surface area (Å²) < 4.78 is 10.6. The molecule has 0 aliphatic carbocycles. The zero-order valence-electron chi connectivity index (χ0n) is 8.78. The maximum Gasteiger partial charge on any atom is 0.129 e. The summed E-state index contributed by atoms with van der Waals surface area (Å²) in [6.07, 6.45) is -3.84. The van der Waals surface area contributed by atoms with E-state index in [4.69, 9.17) is 14.6 Å². The predicted octanol–water partition coefficient (Wildman–Crippen LogP) is -0.851. The molecule has 0 unspecified atom stereocenters. The van der Waals surface area contributed by atoms with Gasteiger partial charge in [-0.05, 0) is 13.8 Å². The van der Waals surface area contributed by atoms with E-state index < -0.39 is 29.9 Å². The Kier molecular flexibility index (Phi) is 4.82. The van der Waals surface area contributed by atoms with Gasteiger partial charge in [0.05, 0.1) is 12.7 Å². The van der Waals surface area contributed by atoms with Gasteiger partial charge < -0.3 is 24.8 Å². The van der Waals surface area contributed by atoms with Crippen molar-refractivity contribution in [3.05, 3.63) is 0 Å². The lowest BCUT2D eigenvalue weighted by atomic mass is 10.00. The normalized spacial score (nSPS) is 42.2. The lowest BCUT2D eigenvalue weighted by molar-refractivity contribution is -0.225. The van der Waals surface area contributed by atoms with Crippen LogP contribution < -0.4 is 0 Å². The number of thiol groups is 1. The number of hydrogen-bond donors (Lipinski definition) is 4. The van der Waals surface area contributed by atoms with Crippen LogP contribution in [0.2, 0.25) is 0 Å².